The van der Waals surface area contributed by atoms with Gasteiger partial charge in [-0.2, -0.15) is 0 Å². The van der Waals surface area contributed by atoms with Gasteiger partial charge in [0.2, 0.25) is 0 Å². The molecule has 1 aromatic rings. The summed E-state index contributed by atoms with van der Waals surface area (Å²) in [6.07, 6.45) is 1.88. The van der Waals surface area contributed by atoms with E-state index in [2.05, 4.69) is 0 Å². The monoisotopic (exact) mass is 307 g/mol. The molecule has 4 nitrogen and oxygen atoms in total. The first-order valence-corrected chi connectivity index (χ1v) is 7.35. The standard InChI is InChI=1S/C14H17N3OS2/c1-15(2)11-7-5-10(6-8-11)9-12-13(18)17(16(3)4)14(19)20-12/h5-9H,1-4H3/b12-9+. The zero-order valence-corrected chi connectivity index (χ0v) is 13.6. The lowest BCUT2D eigenvalue weighted by molar-refractivity contribution is -0.130. The lowest BCUT2D eigenvalue weighted by atomic mass is 10.2. The normalized spacial score (nSPS) is 17.4. The third-order valence-electron chi connectivity index (χ3n) is 2.88. The van der Waals surface area contributed by atoms with E-state index in [-0.39, 0.29) is 5.91 Å². The van der Waals surface area contributed by atoms with Gasteiger partial charge >= 0.3 is 0 Å². The number of anilines is 1. The number of rotatable bonds is 3. The molecule has 6 heteroatoms. The van der Waals surface area contributed by atoms with Crippen LogP contribution in [0.1, 0.15) is 5.56 Å². The van der Waals surface area contributed by atoms with Crippen molar-refractivity contribution in [2.75, 3.05) is 33.1 Å². The van der Waals surface area contributed by atoms with Gasteiger partial charge in [-0.25, -0.2) is 10.0 Å². The molecule has 1 fully saturated rings. The zero-order valence-electron chi connectivity index (χ0n) is 12.0. The molecule has 1 aliphatic heterocycles. The second-order valence-corrected chi connectivity index (χ2v) is 6.50. The van der Waals surface area contributed by atoms with Gasteiger partial charge in [0, 0.05) is 33.9 Å². The van der Waals surface area contributed by atoms with E-state index in [0.29, 0.717) is 9.23 Å². The minimum Gasteiger partial charge on any atom is -0.378 e. The van der Waals surface area contributed by atoms with Crippen LogP contribution >= 0.6 is 24.0 Å². The third-order valence-corrected chi connectivity index (χ3v) is 4.16. The van der Waals surface area contributed by atoms with E-state index < -0.39 is 0 Å². The number of hydrazine groups is 1. The van der Waals surface area contributed by atoms with Crippen LogP contribution in [0.5, 0.6) is 0 Å². The van der Waals surface area contributed by atoms with Gasteiger partial charge < -0.3 is 4.90 Å². The maximum absolute atomic E-state index is 12.2. The highest BCUT2D eigenvalue weighted by atomic mass is 32.2. The summed E-state index contributed by atoms with van der Waals surface area (Å²) in [5.74, 6) is -0.0679. The Hall–Kier alpha value is -1.37. The number of thiocarbonyl (C=S) groups is 1. The van der Waals surface area contributed by atoms with Crippen LogP contribution in [0.25, 0.3) is 6.08 Å². The zero-order chi connectivity index (χ0) is 14.9. The van der Waals surface area contributed by atoms with Gasteiger partial charge in [-0.05, 0) is 23.8 Å². The molecule has 0 aromatic heterocycles. The second-order valence-electron chi connectivity index (χ2n) is 4.83. The van der Waals surface area contributed by atoms with Crippen molar-refractivity contribution in [2.24, 2.45) is 0 Å². The lowest BCUT2D eigenvalue weighted by Crippen LogP contribution is -2.39. The van der Waals surface area contributed by atoms with Gasteiger partial charge in [0.15, 0.2) is 4.32 Å². The average molecular weight is 307 g/mol. The maximum Gasteiger partial charge on any atom is 0.280 e. The van der Waals surface area contributed by atoms with E-state index in [1.807, 2.05) is 49.3 Å². The minimum absolute atomic E-state index is 0.0679. The average Bonchev–Trinajstić information content (AvgIpc) is 2.65. The number of benzene rings is 1. The molecule has 0 unspecified atom stereocenters. The van der Waals surface area contributed by atoms with Crippen LogP contribution in [0.4, 0.5) is 5.69 Å². The van der Waals surface area contributed by atoms with Crippen LogP contribution in [0.15, 0.2) is 29.2 Å². The molecule has 0 bridgehead atoms. The molecule has 0 atom stereocenters. The number of nitrogens with zero attached hydrogens (tertiary/aromatic N) is 3. The first kappa shape index (κ1) is 15.0. The SMILES string of the molecule is CN(C)c1ccc(/C=C2/SC(=S)N(N(C)C)C2=O)cc1. The lowest BCUT2D eigenvalue weighted by Gasteiger charge is -2.21. The fourth-order valence-corrected chi connectivity index (χ4v) is 3.23. The molecule has 106 valence electrons. The van der Waals surface area contributed by atoms with Crippen molar-refractivity contribution >= 4 is 46.0 Å². The predicted molar refractivity (Wildman–Crippen MR) is 89.5 cm³/mol. The minimum atomic E-state index is -0.0679. The summed E-state index contributed by atoms with van der Waals surface area (Å²) in [5.41, 5.74) is 2.12. The van der Waals surface area contributed by atoms with Crippen LogP contribution < -0.4 is 4.90 Å². The Morgan fingerprint density at radius 2 is 1.75 bits per heavy atom. The van der Waals surface area contributed by atoms with Gasteiger partial charge in [0.1, 0.15) is 0 Å². The summed E-state index contributed by atoms with van der Waals surface area (Å²) in [4.78, 5) is 14.9. The van der Waals surface area contributed by atoms with Crippen LogP contribution in [0, 0.1) is 0 Å². The van der Waals surface area contributed by atoms with E-state index in [0.717, 1.165) is 11.3 Å². The number of carbonyl (C=O) groups excluding carboxylic acids is 1. The van der Waals surface area contributed by atoms with Crippen LogP contribution in [0.2, 0.25) is 0 Å². The highest BCUT2D eigenvalue weighted by molar-refractivity contribution is 8.26. The van der Waals surface area contributed by atoms with E-state index in [1.54, 1.807) is 19.1 Å². The van der Waals surface area contributed by atoms with Gasteiger partial charge in [-0.1, -0.05) is 36.1 Å². The number of carbonyl (C=O) groups is 1. The molecular weight excluding hydrogens is 290 g/mol. The summed E-state index contributed by atoms with van der Waals surface area (Å²) in [6.45, 7) is 0. The molecule has 1 aromatic carbocycles. The Morgan fingerprint density at radius 3 is 2.20 bits per heavy atom. The van der Waals surface area contributed by atoms with Gasteiger partial charge in [-0.3, -0.25) is 4.79 Å². The van der Waals surface area contributed by atoms with Crippen LogP contribution in [-0.4, -0.2) is 48.4 Å². The van der Waals surface area contributed by atoms with Crippen LogP contribution in [0.3, 0.4) is 0 Å². The second kappa shape index (κ2) is 5.95. The Labute approximate surface area is 129 Å². The van der Waals surface area contributed by atoms with Crippen molar-refractivity contribution in [3.05, 3.63) is 34.7 Å². The van der Waals surface area contributed by atoms with Crippen molar-refractivity contribution in [1.29, 1.82) is 0 Å². The first-order chi connectivity index (χ1) is 9.40. The Kier molecular flexibility index (Phi) is 4.47. The maximum atomic E-state index is 12.2. The van der Waals surface area contributed by atoms with Crippen molar-refractivity contribution in [3.8, 4) is 0 Å². The van der Waals surface area contributed by atoms with Crippen molar-refractivity contribution in [2.45, 2.75) is 0 Å². The molecule has 1 heterocycles. The molecule has 1 amide bonds. The molecule has 1 saturated heterocycles. The van der Waals surface area contributed by atoms with Crippen molar-refractivity contribution in [3.63, 3.8) is 0 Å². The first-order valence-electron chi connectivity index (χ1n) is 6.12. The Bertz CT molecular complexity index is 564. The van der Waals surface area contributed by atoms with Gasteiger partial charge in [-0.15, -0.1) is 0 Å². The largest absolute Gasteiger partial charge is 0.378 e. The summed E-state index contributed by atoms with van der Waals surface area (Å²) < 4.78 is 0.566. The topological polar surface area (TPSA) is 26.8 Å². The summed E-state index contributed by atoms with van der Waals surface area (Å²) in [6, 6.07) is 8.05. The van der Waals surface area contributed by atoms with Gasteiger partial charge in [0.05, 0.1) is 4.91 Å². The molecule has 0 spiro atoms. The molecule has 0 radical (unpaired) electrons. The highest BCUT2D eigenvalue weighted by Gasteiger charge is 2.33. The summed E-state index contributed by atoms with van der Waals surface area (Å²) in [7, 11) is 7.60. The molecule has 0 aliphatic carbocycles. The smallest absolute Gasteiger partial charge is 0.280 e. The predicted octanol–water partition coefficient (Wildman–Crippen LogP) is 2.43. The number of hydrogen-bond acceptors (Lipinski definition) is 5. The molecule has 0 N–H and O–H groups in total. The fraction of sp³-hybridized carbons (Fsp3) is 0.286. The Morgan fingerprint density at radius 1 is 1.15 bits per heavy atom. The van der Waals surface area contributed by atoms with E-state index in [9.17, 15) is 4.79 Å². The summed E-state index contributed by atoms with van der Waals surface area (Å²) >= 11 is 6.55. The third kappa shape index (κ3) is 3.03. The van der Waals surface area contributed by atoms with Crippen molar-refractivity contribution in [1.82, 2.24) is 10.0 Å². The van der Waals surface area contributed by atoms with Crippen molar-refractivity contribution < 1.29 is 4.79 Å². The molecule has 1 aliphatic rings. The highest BCUT2D eigenvalue weighted by Crippen LogP contribution is 2.33. The van der Waals surface area contributed by atoms with E-state index in [1.165, 1.54) is 16.8 Å². The molecule has 2 rings (SSSR count). The van der Waals surface area contributed by atoms with E-state index in [4.69, 9.17) is 12.2 Å². The summed E-state index contributed by atoms with van der Waals surface area (Å²) in [5, 5.41) is 3.20. The number of hydrogen-bond donors (Lipinski definition) is 0. The molecule has 0 saturated carbocycles. The van der Waals surface area contributed by atoms with Crippen LogP contribution in [-0.2, 0) is 4.79 Å². The quantitative estimate of drug-likeness (QED) is 0.631. The molecular formula is C14H17N3OS2. The molecule has 20 heavy (non-hydrogen) atoms. The fourth-order valence-electron chi connectivity index (χ4n) is 1.82. The number of thioether (sulfide) groups is 1. The van der Waals surface area contributed by atoms with Gasteiger partial charge in [0.25, 0.3) is 5.91 Å². The Balaban J connectivity index is 2.24. The van der Waals surface area contributed by atoms with E-state index >= 15 is 0 Å². The number of amides is 1.